The SMILES string of the molecule is CC(C)(C)OC(=O)C1C(C(=O)c2c[nH]c3cc(Oc4ccc(F)cc4)ccc23)CSN1c1cccnc1. The molecule has 2 unspecified atom stereocenters. The fourth-order valence-electron chi connectivity index (χ4n) is 4.27. The molecule has 4 aromatic rings. The quantitative estimate of drug-likeness (QED) is 0.185. The number of anilines is 1. The number of H-pyrrole nitrogens is 1. The van der Waals surface area contributed by atoms with E-state index in [4.69, 9.17) is 9.47 Å². The van der Waals surface area contributed by atoms with Crippen LogP contribution in [0.1, 0.15) is 31.1 Å². The van der Waals surface area contributed by atoms with Crippen LogP contribution < -0.4 is 9.04 Å². The summed E-state index contributed by atoms with van der Waals surface area (Å²) in [5.41, 5.74) is 1.25. The van der Waals surface area contributed by atoms with Crippen molar-refractivity contribution in [3.8, 4) is 11.5 Å². The molecule has 1 saturated heterocycles. The van der Waals surface area contributed by atoms with Gasteiger partial charge in [0, 0.05) is 40.7 Å². The number of ketones is 1. The minimum atomic E-state index is -0.799. The maximum absolute atomic E-state index is 13.8. The first-order valence-corrected chi connectivity index (χ1v) is 12.8. The third-order valence-electron chi connectivity index (χ3n) is 5.88. The van der Waals surface area contributed by atoms with Gasteiger partial charge < -0.3 is 14.5 Å². The van der Waals surface area contributed by atoms with Crippen LogP contribution >= 0.6 is 11.9 Å². The summed E-state index contributed by atoms with van der Waals surface area (Å²) in [4.78, 5) is 34.5. The second kappa shape index (κ2) is 9.89. The first-order valence-electron chi connectivity index (χ1n) is 11.8. The monoisotopic (exact) mass is 519 g/mol. The molecule has 0 amide bonds. The zero-order valence-electron chi connectivity index (χ0n) is 20.6. The van der Waals surface area contributed by atoms with Crippen LogP contribution in [0.5, 0.6) is 11.5 Å². The van der Waals surface area contributed by atoms with Crippen LogP contribution in [0.15, 0.2) is 73.2 Å². The number of pyridine rings is 1. The predicted molar refractivity (Wildman–Crippen MR) is 141 cm³/mol. The van der Waals surface area contributed by atoms with Crippen molar-refractivity contribution in [2.45, 2.75) is 32.4 Å². The number of benzene rings is 2. The normalized spacial score (nSPS) is 17.7. The molecule has 1 aliphatic rings. The minimum Gasteiger partial charge on any atom is -0.458 e. The molecule has 0 radical (unpaired) electrons. The lowest BCUT2D eigenvalue weighted by atomic mass is 9.91. The van der Waals surface area contributed by atoms with E-state index in [2.05, 4.69) is 9.97 Å². The standard InChI is InChI=1S/C28H26FN3O4S/c1-28(2,3)36-27(34)25-23(16-37-32(25)18-5-4-12-30-14-18)26(33)22-15-31-24-13-20(10-11-21(22)24)35-19-8-6-17(29)7-9-19/h4-15,23,25,31H,16H2,1-3H3. The van der Waals surface area contributed by atoms with Gasteiger partial charge in [0.1, 0.15) is 29.0 Å². The minimum absolute atomic E-state index is 0.145. The second-order valence-corrected chi connectivity index (χ2v) is 10.7. The third-order valence-corrected chi connectivity index (χ3v) is 7.10. The number of hydrogen-bond acceptors (Lipinski definition) is 7. The summed E-state index contributed by atoms with van der Waals surface area (Å²) in [6.45, 7) is 5.43. The number of halogens is 1. The van der Waals surface area contributed by atoms with Gasteiger partial charge in [0.15, 0.2) is 5.78 Å². The molecular formula is C28H26FN3O4S. The Kier molecular flexibility index (Phi) is 6.64. The summed E-state index contributed by atoms with van der Waals surface area (Å²) in [5, 5.41) is 0.726. The van der Waals surface area contributed by atoms with Gasteiger partial charge in [-0.05, 0) is 81.3 Å². The molecule has 0 saturated carbocycles. The van der Waals surface area contributed by atoms with Crippen LogP contribution in [0.25, 0.3) is 10.9 Å². The highest BCUT2D eigenvalue weighted by molar-refractivity contribution is 8.01. The van der Waals surface area contributed by atoms with Gasteiger partial charge in [0.25, 0.3) is 0 Å². The molecule has 1 N–H and O–H groups in total. The Morgan fingerprint density at radius 2 is 1.86 bits per heavy atom. The topological polar surface area (TPSA) is 84.5 Å². The lowest BCUT2D eigenvalue weighted by molar-refractivity contribution is -0.156. The van der Waals surface area contributed by atoms with Gasteiger partial charge in [0.05, 0.1) is 17.8 Å². The Balaban J connectivity index is 1.43. The number of ether oxygens (including phenoxy) is 2. The first kappa shape index (κ1) is 24.8. The van der Waals surface area contributed by atoms with Crippen molar-refractivity contribution in [1.29, 1.82) is 0 Å². The van der Waals surface area contributed by atoms with Crippen molar-refractivity contribution in [3.05, 3.63) is 84.6 Å². The van der Waals surface area contributed by atoms with Crippen LogP contribution in [-0.4, -0.2) is 39.1 Å². The van der Waals surface area contributed by atoms with Gasteiger partial charge in [0.2, 0.25) is 0 Å². The van der Waals surface area contributed by atoms with Crippen LogP contribution in [0.3, 0.4) is 0 Å². The number of nitrogens with zero attached hydrogens (tertiary/aromatic N) is 2. The van der Waals surface area contributed by atoms with Gasteiger partial charge in [-0.1, -0.05) is 0 Å². The molecule has 0 spiro atoms. The molecule has 2 aromatic heterocycles. The van der Waals surface area contributed by atoms with E-state index < -0.39 is 23.5 Å². The molecular weight excluding hydrogens is 493 g/mol. The largest absolute Gasteiger partial charge is 0.458 e. The van der Waals surface area contributed by atoms with Crippen molar-refractivity contribution in [1.82, 2.24) is 9.97 Å². The molecule has 190 valence electrons. The lowest BCUT2D eigenvalue weighted by Gasteiger charge is -2.29. The number of fused-ring (bicyclic) bond motifs is 1. The number of carbonyl (C=O) groups excluding carboxylic acids is 2. The van der Waals surface area contributed by atoms with E-state index in [1.54, 1.807) is 55.0 Å². The predicted octanol–water partition coefficient (Wildman–Crippen LogP) is 6.17. The van der Waals surface area contributed by atoms with Gasteiger partial charge >= 0.3 is 5.97 Å². The summed E-state index contributed by atoms with van der Waals surface area (Å²) >= 11 is 1.42. The number of nitrogens with one attached hydrogen (secondary N) is 1. The Morgan fingerprint density at radius 1 is 1.11 bits per heavy atom. The average molecular weight is 520 g/mol. The van der Waals surface area contributed by atoms with Crippen LogP contribution in [0.4, 0.5) is 10.1 Å². The van der Waals surface area contributed by atoms with Crippen molar-refractivity contribution in [2.24, 2.45) is 5.92 Å². The molecule has 0 bridgehead atoms. The zero-order valence-corrected chi connectivity index (χ0v) is 21.4. The Bertz CT molecular complexity index is 1430. The zero-order chi connectivity index (χ0) is 26.2. The Morgan fingerprint density at radius 3 is 2.57 bits per heavy atom. The van der Waals surface area contributed by atoms with Gasteiger partial charge in [-0.3, -0.25) is 14.1 Å². The van der Waals surface area contributed by atoms with Gasteiger partial charge in [-0.2, -0.15) is 0 Å². The molecule has 2 atom stereocenters. The third kappa shape index (κ3) is 5.32. The van der Waals surface area contributed by atoms with E-state index in [9.17, 15) is 14.0 Å². The summed E-state index contributed by atoms with van der Waals surface area (Å²) in [6.07, 6.45) is 5.00. The number of aromatic amines is 1. The molecule has 7 nitrogen and oxygen atoms in total. The average Bonchev–Trinajstić information content (AvgIpc) is 3.49. The fourth-order valence-corrected chi connectivity index (χ4v) is 5.57. The van der Waals surface area contributed by atoms with Crippen molar-refractivity contribution in [3.63, 3.8) is 0 Å². The van der Waals surface area contributed by atoms with E-state index in [0.29, 0.717) is 28.3 Å². The van der Waals surface area contributed by atoms with E-state index in [0.717, 1.165) is 11.1 Å². The number of Topliss-reactive ketones (excluding diaryl/α,β-unsaturated/α-hetero) is 1. The summed E-state index contributed by atoms with van der Waals surface area (Å²) < 4.78 is 26.6. The van der Waals surface area contributed by atoms with Gasteiger partial charge in [-0.25, -0.2) is 9.18 Å². The van der Waals surface area contributed by atoms with Crippen molar-refractivity contribution >= 4 is 40.3 Å². The Hall–Kier alpha value is -3.85. The fraction of sp³-hybridized carbons (Fsp3) is 0.250. The van der Waals surface area contributed by atoms with E-state index in [1.165, 1.54) is 24.1 Å². The summed E-state index contributed by atoms with van der Waals surface area (Å²) in [6, 6.07) is 14.0. The number of hydrogen-bond donors (Lipinski definition) is 1. The van der Waals surface area contributed by atoms with E-state index in [1.807, 2.05) is 31.1 Å². The molecule has 5 rings (SSSR count). The van der Waals surface area contributed by atoms with Crippen molar-refractivity contribution < 1.29 is 23.5 Å². The first-order chi connectivity index (χ1) is 17.7. The summed E-state index contributed by atoms with van der Waals surface area (Å²) in [7, 11) is 0. The molecule has 0 aliphatic carbocycles. The molecule has 9 heteroatoms. The second-order valence-electron chi connectivity index (χ2n) is 9.75. The molecule has 1 fully saturated rings. The molecule has 2 aromatic carbocycles. The van der Waals surface area contributed by atoms with Crippen LogP contribution in [0.2, 0.25) is 0 Å². The lowest BCUT2D eigenvalue weighted by Crippen LogP contribution is -2.44. The maximum Gasteiger partial charge on any atom is 0.331 e. The highest BCUT2D eigenvalue weighted by Gasteiger charge is 2.47. The van der Waals surface area contributed by atoms with Crippen LogP contribution in [0, 0.1) is 11.7 Å². The van der Waals surface area contributed by atoms with E-state index in [-0.39, 0.29) is 11.6 Å². The maximum atomic E-state index is 13.8. The summed E-state index contributed by atoms with van der Waals surface area (Å²) in [5.74, 6) is -0.0760. The smallest absolute Gasteiger partial charge is 0.331 e. The van der Waals surface area contributed by atoms with Crippen molar-refractivity contribution in [2.75, 3.05) is 10.1 Å². The highest BCUT2D eigenvalue weighted by atomic mass is 32.2. The van der Waals surface area contributed by atoms with Crippen LogP contribution in [-0.2, 0) is 9.53 Å². The molecule has 1 aliphatic heterocycles. The Labute approximate surface area is 218 Å². The number of rotatable bonds is 6. The van der Waals surface area contributed by atoms with E-state index >= 15 is 0 Å². The number of esters is 1. The molecule has 37 heavy (non-hydrogen) atoms. The molecule has 3 heterocycles. The number of carbonyl (C=O) groups is 2. The highest BCUT2D eigenvalue weighted by Crippen LogP contribution is 2.40. The van der Waals surface area contributed by atoms with Gasteiger partial charge in [-0.15, -0.1) is 0 Å². The number of aromatic nitrogens is 2.